The lowest BCUT2D eigenvalue weighted by atomic mass is 10.1. The van der Waals surface area contributed by atoms with E-state index in [4.69, 9.17) is 9.47 Å². The number of amides is 1. The lowest BCUT2D eigenvalue weighted by molar-refractivity contribution is -0.120. The molecule has 1 amide bonds. The van der Waals surface area contributed by atoms with E-state index < -0.39 is 15.9 Å². The standard InChI is InChI=1S/C26H30N2O5S/c1-5-33-24-12-8-21(9-13-24)20(3)27-26(29)18-28(22-10-14-23(32-4)15-11-22)34(30,31)25-16-6-19(2)7-17-25/h6-17,20H,5,18H2,1-4H3,(H,27,29). The molecule has 3 rings (SSSR count). The van der Waals surface area contributed by atoms with Crippen LogP contribution >= 0.6 is 0 Å². The fourth-order valence-corrected chi connectivity index (χ4v) is 4.84. The average Bonchev–Trinajstić information content (AvgIpc) is 2.83. The third kappa shape index (κ3) is 6.08. The van der Waals surface area contributed by atoms with Crippen molar-refractivity contribution in [2.24, 2.45) is 0 Å². The highest BCUT2D eigenvalue weighted by molar-refractivity contribution is 7.92. The van der Waals surface area contributed by atoms with Gasteiger partial charge in [-0.15, -0.1) is 0 Å². The molecular weight excluding hydrogens is 452 g/mol. The zero-order valence-corrected chi connectivity index (χ0v) is 20.6. The molecule has 7 nitrogen and oxygen atoms in total. The van der Waals surface area contributed by atoms with Crippen molar-refractivity contribution in [3.8, 4) is 11.5 Å². The number of hydrogen-bond acceptors (Lipinski definition) is 5. The number of hydrogen-bond donors (Lipinski definition) is 1. The number of ether oxygens (including phenoxy) is 2. The van der Waals surface area contributed by atoms with Crippen LogP contribution in [0.1, 0.15) is 31.0 Å². The summed E-state index contributed by atoms with van der Waals surface area (Å²) >= 11 is 0. The second-order valence-electron chi connectivity index (χ2n) is 7.81. The smallest absolute Gasteiger partial charge is 0.264 e. The van der Waals surface area contributed by atoms with E-state index >= 15 is 0 Å². The predicted octanol–water partition coefficient (Wildman–Crippen LogP) is 4.48. The van der Waals surface area contributed by atoms with Crippen LogP contribution in [-0.4, -0.2) is 34.6 Å². The van der Waals surface area contributed by atoms with E-state index in [1.165, 1.54) is 7.11 Å². The van der Waals surface area contributed by atoms with Crippen molar-refractivity contribution in [3.05, 3.63) is 83.9 Å². The van der Waals surface area contributed by atoms with Crippen molar-refractivity contribution in [3.63, 3.8) is 0 Å². The molecule has 0 saturated carbocycles. The molecule has 0 heterocycles. The minimum atomic E-state index is -3.98. The molecule has 1 N–H and O–H groups in total. The molecule has 0 radical (unpaired) electrons. The zero-order chi connectivity index (χ0) is 24.7. The molecular formula is C26H30N2O5S. The maximum Gasteiger partial charge on any atom is 0.264 e. The van der Waals surface area contributed by atoms with E-state index in [-0.39, 0.29) is 17.5 Å². The van der Waals surface area contributed by atoms with Crippen LogP contribution in [0, 0.1) is 6.92 Å². The number of benzene rings is 3. The van der Waals surface area contributed by atoms with E-state index in [0.29, 0.717) is 18.0 Å². The molecule has 0 bridgehead atoms. The van der Waals surface area contributed by atoms with E-state index in [9.17, 15) is 13.2 Å². The highest BCUT2D eigenvalue weighted by Crippen LogP contribution is 2.26. The van der Waals surface area contributed by atoms with Crippen molar-refractivity contribution in [2.45, 2.75) is 31.7 Å². The van der Waals surface area contributed by atoms with Crippen LogP contribution in [0.3, 0.4) is 0 Å². The topological polar surface area (TPSA) is 84.9 Å². The van der Waals surface area contributed by atoms with Gasteiger partial charge in [0.2, 0.25) is 5.91 Å². The third-order valence-electron chi connectivity index (χ3n) is 5.33. The molecule has 0 aliphatic heterocycles. The highest BCUT2D eigenvalue weighted by Gasteiger charge is 2.27. The second kappa shape index (κ2) is 11.1. The number of nitrogens with one attached hydrogen (secondary N) is 1. The van der Waals surface area contributed by atoms with Gasteiger partial charge in [-0.1, -0.05) is 29.8 Å². The summed E-state index contributed by atoms with van der Waals surface area (Å²) in [6.45, 7) is 5.84. The summed E-state index contributed by atoms with van der Waals surface area (Å²) in [6.07, 6.45) is 0. The highest BCUT2D eigenvalue weighted by atomic mass is 32.2. The van der Waals surface area contributed by atoms with Gasteiger partial charge in [-0.25, -0.2) is 8.42 Å². The maximum absolute atomic E-state index is 13.5. The first-order chi connectivity index (χ1) is 16.2. The predicted molar refractivity (Wildman–Crippen MR) is 133 cm³/mol. The van der Waals surface area contributed by atoms with Crippen LogP contribution < -0.4 is 19.1 Å². The van der Waals surface area contributed by atoms with Crippen molar-refractivity contribution >= 4 is 21.6 Å². The number of carbonyl (C=O) groups excluding carboxylic acids is 1. The van der Waals surface area contributed by atoms with Gasteiger partial charge in [-0.05, 0) is 74.9 Å². The van der Waals surface area contributed by atoms with Crippen LogP contribution in [-0.2, 0) is 14.8 Å². The van der Waals surface area contributed by atoms with Gasteiger partial charge >= 0.3 is 0 Å². The number of methoxy groups -OCH3 is 1. The zero-order valence-electron chi connectivity index (χ0n) is 19.8. The number of nitrogens with zero attached hydrogens (tertiary/aromatic N) is 1. The Balaban J connectivity index is 1.84. The first-order valence-corrected chi connectivity index (χ1v) is 12.4. The van der Waals surface area contributed by atoms with E-state index in [1.54, 1.807) is 48.5 Å². The normalized spacial score (nSPS) is 12.0. The Bertz CT molecular complexity index is 1190. The van der Waals surface area contributed by atoms with E-state index in [1.807, 2.05) is 45.0 Å². The number of anilines is 1. The van der Waals surface area contributed by atoms with Gasteiger partial charge in [-0.2, -0.15) is 0 Å². The molecule has 3 aromatic rings. The van der Waals surface area contributed by atoms with Gasteiger partial charge < -0.3 is 14.8 Å². The van der Waals surface area contributed by atoms with Crippen LogP contribution in [0.2, 0.25) is 0 Å². The van der Waals surface area contributed by atoms with Crippen molar-refractivity contribution in [2.75, 3.05) is 24.6 Å². The average molecular weight is 483 g/mol. The van der Waals surface area contributed by atoms with E-state index in [0.717, 1.165) is 21.2 Å². The molecule has 180 valence electrons. The Morgan fingerprint density at radius 3 is 2.09 bits per heavy atom. The molecule has 0 aliphatic carbocycles. The quantitative estimate of drug-likeness (QED) is 0.461. The Hall–Kier alpha value is -3.52. The molecule has 0 saturated heterocycles. The summed E-state index contributed by atoms with van der Waals surface area (Å²) < 4.78 is 38.7. The Morgan fingerprint density at radius 2 is 1.53 bits per heavy atom. The minimum Gasteiger partial charge on any atom is -0.497 e. The fourth-order valence-electron chi connectivity index (χ4n) is 3.42. The lowest BCUT2D eigenvalue weighted by Gasteiger charge is -2.25. The number of aryl methyl sites for hydroxylation is 1. The molecule has 3 aromatic carbocycles. The van der Waals surface area contributed by atoms with Crippen molar-refractivity contribution in [1.82, 2.24) is 5.32 Å². The molecule has 1 unspecified atom stereocenters. The lowest BCUT2D eigenvalue weighted by Crippen LogP contribution is -2.41. The van der Waals surface area contributed by atoms with Crippen molar-refractivity contribution < 1.29 is 22.7 Å². The largest absolute Gasteiger partial charge is 0.497 e. The van der Waals surface area contributed by atoms with Crippen LogP contribution in [0.5, 0.6) is 11.5 Å². The van der Waals surface area contributed by atoms with Gasteiger partial charge in [0.15, 0.2) is 0 Å². The second-order valence-corrected chi connectivity index (χ2v) is 9.68. The van der Waals surface area contributed by atoms with Crippen molar-refractivity contribution in [1.29, 1.82) is 0 Å². The van der Waals surface area contributed by atoms with Gasteiger partial charge in [0.1, 0.15) is 18.0 Å². The molecule has 34 heavy (non-hydrogen) atoms. The molecule has 0 spiro atoms. The van der Waals surface area contributed by atoms with Crippen LogP contribution in [0.15, 0.2) is 77.7 Å². The summed E-state index contributed by atoms with van der Waals surface area (Å²) in [5.41, 5.74) is 2.19. The molecule has 0 aliphatic rings. The summed E-state index contributed by atoms with van der Waals surface area (Å²) in [7, 11) is -2.45. The van der Waals surface area contributed by atoms with Gasteiger partial charge in [0, 0.05) is 0 Å². The molecule has 0 fully saturated rings. The van der Waals surface area contributed by atoms with Crippen LogP contribution in [0.25, 0.3) is 0 Å². The van der Waals surface area contributed by atoms with Gasteiger partial charge in [0.05, 0.1) is 30.3 Å². The summed E-state index contributed by atoms with van der Waals surface area (Å²) in [6, 6.07) is 20.2. The Labute approximate surface area is 201 Å². The fraction of sp³-hybridized carbons (Fsp3) is 0.269. The monoisotopic (exact) mass is 482 g/mol. The van der Waals surface area contributed by atoms with Gasteiger partial charge in [0.25, 0.3) is 10.0 Å². The number of carbonyl (C=O) groups is 1. The summed E-state index contributed by atoms with van der Waals surface area (Å²) in [5, 5.41) is 2.89. The van der Waals surface area contributed by atoms with Gasteiger partial charge in [-0.3, -0.25) is 9.10 Å². The molecule has 1 atom stereocenters. The van der Waals surface area contributed by atoms with E-state index in [2.05, 4.69) is 5.32 Å². The molecule has 0 aromatic heterocycles. The minimum absolute atomic E-state index is 0.112. The first-order valence-electron chi connectivity index (χ1n) is 11.0. The Morgan fingerprint density at radius 1 is 0.941 bits per heavy atom. The summed E-state index contributed by atoms with van der Waals surface area (Å²) in [4.78, 5) is 13.1. The summed E-state index contributed by atoms with van der Waals surface area (Å²) in [5.74, 6) is 0.914. The Kier molecular flexibility index (Phi) is 8.17. The van der Waals surface area contributed by atoms with Crippen LogP contribution in [0.4, 0.5) is 5.69 Å². The first kappa shape index (κ1) is 25.1. The number of rotatable bonds is 10. The molecule has 8 heteroatoms. The number of sulfonamides is 1. The maximum atomic E-state index is 13.5. The SMILES string of the molecule is CCOc1ccc(C(C)NC(=O)CN(c2ccc(OC)cc2)S(=O)(=O)c2ccc(C)cc2)cc1. The third-order valence-corrected chi connectivity index (χ3v) is 7.11.